The van der Waals surface area contributed by atoms with Gasteiger partial charge in [0.1, 0.15) is 0 Å². The molecule has 0 amide bonds. The van der Waals surface area contributed by atoms with Crippen molar-refractivity contribution in [2.75, 3.05) is 7.11 Å². The Hall–Kier alpha value is -3.70. The Labute approximate surface area is 199 Å². The minimum atomic E-state index is -0.600. The highest BCUT2D eigenvalue weighted by Gasteiger charge is 2.24. The van der Waals surface area contributed by atoms with Gasteiger partial charge in [-0.3, -0.25) is 9.36 Å². The van der Waals surface area contributed by atoms with Crippen LogP contribution in [0.25, 0.3) is 11.1 Å². The predicted octanol–water partition coefficient (Wildman–Crippen LogP) is 5.57. The highest BCUT2D eigenvalue weighted by molar-refractivity contribution is 5.70. The zero-order chi connectivity index (χ0) is 24.2. The molecule has 0 bridgehead atoms. The maximum atomic E-state index is 15.4. The van der Waals surface area contributed by atoms with Crippen LogP contribution in [0.3, 0.4) is 0 Å². The number of hydrogen-bond acceptors (Lipinski definition) is 3. The normalized spacial score (nSPS) is 11.9. The van der Waals surface area contributed by atoms with Gasteiger partial charge in [-0.25, -0.2) is 4.39 Å². The lowest BCUT2D eigenvalue weighted by atomic mass is 9.92. The number of hydrogen-bond donors (Lipinski definition) is 1. The quantitative estimate of drug-likeness (QED) is 0.396. The molecule has 4 nitrogen and oxygen atoms in total. The number of aromatic nitrogens is 1. The summed E-state index contributed by atoms with van der Waals surface area (Å²) in [4.78, 5) is 13.9. The summed E-state index contributed by atoms with van der Waals surface area (Å²) in [6.07, 6.45) is 0.489. The fourth-order valence-electron chi connectivity index (χ4n) is 4.59. The summed E-state index contributed by atoms with van der Waals surface area (Å²) in [6.45, 7) is 3.80. The number of methoxy groups -OCH3 is 1. The Balaban J connectivity index is 1.95. The summed E-state index contributed by atoms with van der Waals surface area (Å²) in [7, 11) is 1.42. The van der Waals surface area contributed by atoms with Crippen molar-refractivity contribution in [1.82, 2.24) is 4.57 Å². The standard InChI is InChI=1S/C29H29FN2O2/c1-19-24(17-21-11-6-4-7-12-21)20(2)32(26(31)18-22-13-8-5-9-14-22)29(33)27(19)23-15-10-16-25(34-3)28(23)30/h4-16,26H,17-18,31H2,1-3H3. The highest BCUT2D eigenvalue weighted by atomic mass is 19.1. The summed E-state index contributed by atoms with van der Waals surface area (Å²) < 4.78 is 22.2. The monoisotopic (exact) mass is 456 g/mol. The minimum absolute atomic E-state index is 0.0987. The molecule has 0 aliphatic carbocycles. The van der Waals surface area contributed by atoms with Gasteiger partial charge in [0.2, 0.25) is 0 Å². The molecule has 5 heteroatoms. The highest BCUT2D eigenvalue weighted by Crippen LogP contribution is 2.32. The number of halogens is 1. The van der Waals surface area contributed by atoms with Crippen molar-refractivity contribution in [2.24, 2.45) is 5.73 Å². The van der Waals surface area contributed by atoms with Crippen LogP contribution in [0.5, 0.6) is 5.75 Å². The first-order valence-corrected chi connectivity index (χ1v) is 11.3. The van der Waals surface area contributed by atoms with Crippen molar-refractivity contribution in [3.8, 4) is 16.9 Å². The van der Waals surface area contributed by atoms with Gasteiger partial charge in [0, 0.05) is 17.7 Å². The molecule has 4 rings (SSSR count). The average molecular weight is 457 g/mol. The molecule has 0 spiro atoms. The van der Waals surface area contributed by atoms with Crippen LogP contribution in [-0.2, 0) is 12.8 Å². The molecule has 1 unspecified atom stereocenters. The average Bonchev–Trinajstić information content (AvgIpc) is 2.84. The van der Waals surface area contributed by atoms with Crippen molar-refractivity contribution in [1.29, 1.82) is 0 Å². The molecule has 1 aromatic heterocycles. The third-order valence-corrected chi connectivity index (χ3v) is 6.35. The first-order valence-electron chi connectivity index (χ1n) is 11.3. The van der Waals surface area contributed by atoms with Crippen LogP contribution in [0.2, 0.25) is 0 Å². The van der Waals surface area contributed by atoms with E-state index in [0.717, 1.165) is 27.9 Å². The summed E-state index contributed by atoms with van der Waals surface area (Å²) in [6, 6.07) is 24.7. The topological polar surface area (TPSA) is 57.2 Å². The molecule has 1 heterocycles. The van der Waals surface area contributed by atoms with Crippen LogP contribution < -0.4 is 16.0 Å². The van der Waals surface area contributed by atoms with Gasteiger partial charge in [-0.2, -0.15) is 0 Å². The van der Waals surface area contributed by atoms with E-state index in [-0.39, 0.29) is 16.9 Å². The van der Waals surface area contributed by atoms with Gasteiger partial charge < -0.3 is 10.5 Å². The molecule has 2 N–H and O–H groups in total. The Bertz CT molecular complexity index is 1350. The molecule has 4 aromatic rings. The lowest BCUT2D eigenvalue weighted by Crippen LogP contribution is -2.35. The Kier molecular flexibility index (Phi) is 6.94. The molecule has 0 saturated heterocycles. The van der Waals surface area contributed by atoms with Gasteiger partial charge in [-0.05, 0) is 48.6 Å². The van der Waals surface area contributed by atoms with E-state index in [4.69, 9.17) is 10.5 Å². The zero-order valence-corrected chi connectivity index (χ0v) is 19.7. The number of pyridine rings is 1. The minimum Gasteiger partial charge on any atom is -0.494 e. The molecule has 1 atom stereocenters. The van der Waals surface area contributed by atoms with Crippen molar-refractivity contribution in [3.05, 3.63) is 123 Å². The molecule has 174 valence electrons. The van der Waals surface area contributed by atoms with E-state index in [2.05, 4.69) is 0 Å². The van der Waals surface area contributed by atoms with Crippen molar-refractivity contribution >= 4 is 0 Å². The number of benzene rings is 3. The SMILES string of the molecule is COc1cccc(-c2c(C)c(Cc3ccccc3)c(C)n(C(N)Cc3ccccc3)c2=O)c1F. The smallest absolute Gasteiger partial charge is 0.260 e. The van der Waals surface area contributed by atoms with E-state index >= 15 is 4.39 Å². The molecular formula is C29H29FN2O2. The second-order valence-electron chi connectivity index (χ2n) is 8.48. The van der Waals surface area contributed by atoms with Crippen molar-refractivity contribution in [2.45, 2.75) is 32.9 Å². The Morgan fingerprint density at radius 3 is 2.15 bits per heavy atom. The van der Waals surface area contributed by atoms with E-state index in [1.807, 2.05) is 74.5 Å². The number of nitrogens with zero attached hydrogens (tertiary/aromatic N) is 1. The summed E-state index contributed by atoms with van der Waals surface area (Å²) in [5, 5.41) is 0. The van der Waals surface area contributed by atoms with Crippen LogP contribution in [-0.4, -0.2) is 11.7 Å². The van der Waals surface area contributed by atoms with Crippen LogP contribution >= 0.6 is 0 Å². The molecule has 34 heavy (non-hydrogen) atoms. The van der Waals surface area contributed by atoms with E-state index in [9.17, 15) is 4.79 Å². The predicted molar refractivity (Wildman–Crippen MR) is 135 cm³/mol. The van der Waals surface area contributed by atoms with Crippen LogP contribution in [0.1, 0.15) is 34.1 Å². The van der Waals surface area contributed by atoms with Crippen molar-refractivity contribution in [3.63, 3.8) is 0 Å². The third kappa shape index (κ3) is 4.52. The largest absolute Gasteiger partial charge is 0.494 e. The zero-order valence-electron chi connectivity index (χ0n) is 19.7. The van der Waals surface area contributed by atoms with Gasteiger partial charge in [0.05, 0.1) is 18.8 Å². The number of ether oxygens (including phenoxy) is 1. The molecule has 0 fully saturated rings. The van der Waals surface area contributed by atoms with Gasteiger partial charge >= 0.3 is 0 Å². The van der Waals surface area contributed by atoms with E-state index in [1.165, 1.54) is 7.11 Å². The van der Waals surface area contributed by atoms with E-state index in [1.54, 1.807) is 22.8 Å². The Morgan fingerprint density at radius 2 is 1.53 bits per heavy atom. The molecule has 0 radical (unpaired) electrons. The fourth-order valence-corrected chi connectivity index (χ4v) is 4.59. The molecule has 0 saturated carbocycles. The molecule has 0 aliphatic heterocycles. The van der Waals surface area contributed by atoms with Crippen molar-refractivity contribution < 1.29 is 9.13 Å². The van der Waals surface area contributed by atoms with Crippen LogP contribution in [0.15, 0.2) is 83.7 Å². The Morgan fingerprint density at radius 1 is 0.912 bits per heavy atom. The summed E-state index contributed by atoms with van der Waals surface area (Å²) >= 11 is 0. The van der Waals surface area contributed by atoms with Crippen LogP contribution in [0, 0.1) is 19.7 Å². The van der Waals surface area contributed by atoms with Gasteiger partial charge in [0.15, 0.2) is 11.6 Å². The lowest BCUT2D eigenvalue weighted by Gasteiger charge is -2.25. The third-order valence-electron chi connectivity index (χ3n) is 6.35. The van der Waals surface area contributed by atoms with Gasteiger partial charge in [0.25, 0.3) is 5.56 Å². The summed E-state index contributed by atoms with van der Waals surface area (Å²) in [5.41, 5.74) is 11.5. The first kappa shape index (κ1) is 23.5. The second kappa shape index (κ2) is 10.1. The molecular weight excluding hydrogens is 427 g/mol. The van der Waals surface area contributed by atoms with Gasteiger partial charge in [-0.15, -0.1) is 0 Å². The molecule has 3 aromatic carbocycles. The van der Waals surface area contributed by atoms with Gasteiger partial charge in [-0.1, -0.05) is 72.8 Å². The number of nitrogens with two attached hydrogens (primary N) is 1. The molecule has 0 aliphatic rings. The summed E-state index contributed by atoms with van der Waals surface area (Å²) in [5.74, 6) is -0.454. The number of rotatable bonds is 7. The van der Waals surface area contributed by atoms with Crippen LogP contribution in [0.4, 0.5) is 4.39 Å². The lowest BCUT2D eigenvalue weighted by molar-refractivity contribution is 0.387. The second-order valence-corrected chi connectivity index (χ2v) is 8.48. The first-order chi connectivity index (χ1) is 16.4. The maximum Gasteiger partial charge on any atom is 0.260 e. The van der Waals surface area contributed by atoms with E-state index in [0.29, 0.717) is 18.4 Å². The fraction of sp³-hybridized carbons (Fsp3) is 0.207. The maximum absolute atomic E-state index is 15.4. The van der Waals surface area contributed by atoms with E-state index < -0.39 is 12.0 Å².